The molecule has 3 nitrogen and oxygen atoms in total. The van der Waals surface area contributed by atoms with Crippen LogP contribution in [0.15, 0.2) is 12.3 Å². The molecule has 15 heavy (non-hydrogen) atoms. The molecule has 0 atom stereocenters. The highest BCUT2D eigenvalue weighted by Gasteiger charge is 2.28. The van der Waals surface area contributed by atoms with Crippen LogP contribution in [-0.4, -0.2) is 24.7 Å². The number of aromatic nitrogens is 1. The quantitative estimate of drug-likeness (QED) is 0.737. The minimum Gasteiger partial charge on any atom is -0.369 e. The van der Waals surface area contributed by atoms with Gasteiger partial charge in [0, 0.05) is 30.9 Å². The van der Waals surface area contributed by atoms with E-state index in [2.05, 4.69) is 11.1 Å². The Balaban J connectivity index is 2.21. The third-order valence-corrected chi connectivity index (χ3v) is 2.66. The van der Waals surface area contributed by atoms with Crippen molar-refractivity contribution in [1.82, 2.24) is 4.98 Å². The molecule has 2 heterocycles. The molecule has 1 aromatic heterocycles. The van der Waals surface area contributed by atoms with Crippen LogP contribution in [0, 0.1) is 24.2 Å². The highest BCUT2D eigenvalue weighted by Crippen LogP contribution is 2.27. The van der Waals surface area contributed by atoms with Crippen LogP contribution in [0.2, 0.25) is 0 Å². The van der Waals surface area contributed by atoms with E-state index < -0.39 is 0 Å². The van der Waals surface area contributed by atoms with Gasteiger partial charge in [-0.05, 0) is 13.0 Å². The van der Waals surface area contributed by atoms with Crippen molar-refractivity contribution in [2.75, 3.05) is 24.7 Å². The molecule has 1 saturated heterocycles. The lowest BCUT2D eigenvalue weighted by molar-refractivity contribution is 0.306. The average Bonchev–Trinajstić information content (AvgIpc) is 2.16. The van der Waals surface area contributed by atoms with Crippen LogP contribution in [0.5, 0.6) is 0 Å². The van der Waals surface area contributed by atoms with Crippen molar-refractivity contribution >= 4 is 5.69 Å². The van der Waals surface area contributed by atoms with Gasteiger partial charge < -0.3 is 4.90 Å². The molecule has 2 rings (SSSR count). The van der Waals surface area contributed by atoms with E-state index in [0.717, 1.165) is 11.4 Å². The fourth-order valence-corrected chi connectivity index (χ4v) is 1.76. The highest BCUT2D eigenvalue weighted by molar-refractivity contribution is 5.60. The lowest BCUT2D eigenvalue weighted by Crippen LogP contribution is -2.48. The molecule has 0 spiro atoms. The molecule has 0 aromatic carbocycles. The number of hydrogen-bond acceptors (Lipinski definition) is 3. The number of anilines is 1. The first-order valence-corrected chi connectivity index (χ1v) is 4.92. The second-order valence-electron chi connectivity index (χ2n) is 3.88. The van der Waals surface area contributed by atoms with Crippen molar-refractivity contribution < 1.29 is 4.39 Å². The number of hydrogen-bond donors (Lipinski definition) is 0. The first-order chi connectivity index (χ1) is 7.24. The van der Waals surface area contributed by atoms with Crippen molar-refractivity contribution in [3.05, 3.63) is 23.5 Å². The van der Waals surface area contributed by atoms with Gasteiger partial charge in [0.25, 0.3) is 0 Å². The highest BCUT2D eigenvalue weighted by atomic mass is 19.1. The predicted octanol–water partition coefficient (Wildman–Crippen LogP) is 1.67. The SMILES string of the molecule is Cc1cc(N2CC(CF)C2)c(C#N)cn1. The number of nitriles is 1. The summed E-state index contributed by atoms with van der Waals surface area (Å²) in [6.07, 6.45) is 1.58. The molecule has 0 saturated carbocycles. The second-order valence-corrected chi connectivity index (χ2v) is 3.88. The average molecular weight is 205 g/mol. The molecule has 0 N–H and O–H groups in total. The molecule has 0 bridgehead atoms. The predicted molar refractivity (Wildman–Crippen MR) is 55.4 cm³/mol. The van der Waals surface area contributed by atoms with Crippen LogP contribution in [0.25, 0.3) is 0 Å². The topological polar surface area (TPSA) is 39.9 Å². The first kappa shape index (κ1) is 9.91. The molecule has 4 heteroatoms. The summed E-state index contributed by atoms with van der Waals surface area (Å²) in [7, 11) is 0. The fraction of sp³-hybridized carbons (Fsp3) is 0.455. The number of rotatable bonds is 2. The van der Waals surface area contributed by atoms with E-state index >= 15 is 0 Å². The summed E-state index contributed by atoms with van der Waals surface area (Å²) in [6.45, 7) is 3.02. The van der Waals surface area contributed by atoms with Gasteiger partial charge >= 0.3 is 0 Å². The molecule has 1 fully saturated rings. The lowest BCUT2D eigenvalue weighted by Gasteiger charge is -2.40. The third-order valence-electron chi connectivity index (χ3n) is 2.66. The largest absolute Gasteiger partial charge is 0.369 e. The monoisotopic (exact) mass is 205 g/mol. The van der Waals surface area contributed by atoms with E-state index in [9.17, 15) is 4.39 Å². The standard InChI is InChI=1S/C11H12FN3/c1-8-2-11(10(4-13)5-14-8)15-6-9(3-12)7-15/h2,5,9H,3,6-7H2,1H3. The zero-order valence-electron chi connectivity index (χ0n) is 8.57. The maximum absolute atomic E-state index is 12.3. The van der Waals surface area contributed by atoms with Gasteiger partial charge in [0.1, 0.15) is 6.07 Å². The van der Waals surface area contributed by atoms with Gasteiger partial charge in [-0.15, -0.1) is 0 Å². The zero-order valence-corrected chi connectivity index (χ0v) is 8.57. The molecule has 1 aliphatic heterocycles. The number of halogens is 1. The Morgan fingerprint density at radius 1 is 1.67 bits per heavy atom. The Morgan fingerprint density at radius 3 is 3.00 bits per heavy atom. The van der Waals surface area contributed by atoms with Crippen molar-refractivity contribution in [1.29, 1.82) is 5.26 Å². The minimum absolute atomic E-state index is 0.130. The molecule has 1 aliphatic rings. The van der Waals surface area contributed by atoms with Gasteiger partial charge in [0.2, 0.25) is 0 Å². The van der Waals surface area contributed by atoms with Crippen LogP contribution in [0.1, 0.15) is 11.3 Å². The van der Waals surface area contributed by atoms with Gasteiger partial charge in [-0.25, -0.2) is 0 Å². The molecule has 0 unspecified atom stereocenters. The molecular weight excluding hydrogens is 193 g/mol. The Bertz CT molecular complexity index is 405. The van der Waals surface area contributed by atoms with Crippen LogP contribution >= 0.6 is 0 Å². The Hall–Kier alpha value is -1.63. The van der Waals surface area contributed by atoms with Gasteiger partial charge in [-0.1, -0.05) is 0 Å². The summed E-state index contributed by atoms with van der Waals surface area (Å²) in [6, 6.07) is 3.99. The number of alkyl halides is 1. The summed E-state index contributed by atoms with van der Waals surface area (Å²) in [5.74, 6) is 0.130. The smallest absolute Gasteiger partial charge is 0.103 e. The lowest BCUT2D eigenvalue weighted by atomic mass is 10.00. The Morgan fingerprint density at radius 2 is 2.40 bits per heavy atom. The van der Waals surface area contributed by atoms with E-state index in [1.807, 2.05) is 17.9 Å². The van der Waals surface area contributed by atoms with E-state index in [4.69, 9.17) is 5.26 Å². The summed E-state index contributed by atoms with van der Waals surface area (Å²) >= 11 is 0. The molecule has 0 aliphatic carbocycles. The van der Waals surface area contributed by atoms with Crippen molar-refractivity contribution in [3.63, 3.8) is 0 Å². The van der Waals surface area contributed by atoms with Gasteiger partial charge in [-0.3, -0.25) is 9.37 Å². The maximum Gasteiger partial charge on any atom is 0.103 e. The molecule has 0 amide bonds. The minimum atomic E-state index is -0.275. The molecule has 78 valence electrons. The van der Waals surface area contributed by atoms with Crippen LogP contribution in [0.4, 0.5) is 10.1 Å². The van der Waals surface area contributed by atoms with Gasteiger partial charge in [0.05, 0.1) is 17.9 Å². The van der Waals surface area contributed by atoms with Gasteiger partial charge in [0.15, 0.2) is 0 Å². The number of nitrogens with zero attached hydrogens (tertiary/aromatic N) is 3. The maximum atomic E-state index is 12.3. The van der Waals surface area contributed by atoms with E-state index in [1.165, 1.54) is 0 Å². The molecule has 1 aromatic rings. The summed E-state index contributed by atoms with van der Waals surface area (Å²) in [5, 5.41) is 8.91. The Labute approximate surface area is 88.2 Å². The van der Waals surface area contributed by atoms with Crippen LogP contribution < -0.4 is 4.90 Å². The van der Waals surface area contributed by atoms with E-state index in [0.29, 0.717) is 18.7 Å². The van der Waals surface area contributed by atoms with Crippen molar-refractivity contribution in [2.45, 2.75) is 6.92 Å². The van der Waals surface area contributed by atoms with E-state index in [-0.39, 0.29) is 12.6 Å². The molecular formula is C11H12FN3. The van der Waals surface area contributed by atoms with Gasteiger partial charge in [-0.2, -0.15) is 5.26 Å². The third kappa shape index (κ3) is 1.78. The second kappa shape index (κ2) is 3.85. The van der Waals surface area contributed by atoms with Crippen molar-refractivity contribution in [3.8, 4) is 6.07 Å². The van der Waals surface area contributed by atoms with E-state index in [1.54, 1.807) is 6.20 Å². The first-order valence-electron chi connectivity index (χ1n) is 4.92. The Kier molecular flexibility index (Phi) is 2.55. The summed E-state index contributed by atoms with van der Waals surface area (Å²) in [5.41, 5.74) is 2.33. The fourth-order valence-electron chi connectivity index (χ4n) is 1.76. The summed E-state index contributed by atoms with van der Waals surface area (Å²) in [4.78, 5) is 6.09. The number of pyridine rings is 1. The normalized spacial score (nSPS) is 15.9. The van der Waals surface area contributed by atoms with Crippen LogP contribution in [-0.2, 0) is 0 Å². The summed E-state index contributed by atoms with van der Waals surface area (Å²) < 4.78 is 12.3. The molecule has 0 radical (unpaired) electrons. The van der Waals surface area contributed by atoms with Crippen molar-refractivity contribution in [2.24, 2.45) is 5.92 Å². The number of aryl methyl sites for hydroxylation is 1. The van der Waals surface area contributed by atoms with Crippen LogP contribution in [0.3, 0.4) is 0 Å². The zero-order chi connectivity index (χ0) is 10.8.